The molecule has 0 unspecified atom stereocenters. The molecule has 0 spiro atoms. The van der Waals surface area contributed by atoms with E-state index >= 15 is 0 Å². The fourth-order valence-electron chi connectivity index (χ4n) is 8.89. The number of aromatic nitrogens is 2. The average Bonchev–Trinajstić information content (AvgIpc) is 3.79. The molecule has 0 saturated carbocycles. The molecule has 0 amide bonds. The van der Waals surface area contributed by atoms with Crippen LogP contribution in [-0.4, -0.2) is 16.2 Å². The van der Waals surface area contributed by atoms with E-state index in [2.05, 4.69) is 236 Å². The molecular weight excluding hydrogens is 757 g/mol. The van der Waals surface area contributed by atoms with Gasteiger partial charge in [0.25, 0.3) is 0 Å². The van der Waals surface area contributed by atoms with Crippen molar-refractivity contribution in [3.63, 3.8) is 0 Å². The maximum absolute atomic E-state index is 6.83. The number of benzene rings is 6. The highest BCUT2D eigenvalue weighted by molar-refractivity contribution is 6.10. The maximum atomic E-state index is 6.83. The summed E-state index contributed by atoms with van der Waals surface area (Å²) in [5.74, 6) is 2.44. The van der Waals surface area contributed by atoms with Gasteiger partial charge in [-0.05, 0) is 117 Å². The maximum Gasteiger partial charge on any atom is 0.137 e. The van der Waals surface area contributed by atoms with E-state index in [-0.39, 0.29) is 21.7 Å². The lowest BCUT2D eigenvalue weighted by molar-refractivity contribution is 0.483. The first-order valence-electron chi connectivity index (χ1n) is 22.1. The van der Waals surface area contributed by atoms with Crippen LogP contribution in [0.1, 0.15) is 104 Å². The van der Waals surface area contributed by atoms with Crippen LogP contribution >= 0.6 is 0 Å². The molecule has 1 aliphatic heterocycles. The fraction of sp³-hybridized carbons (Fsp3) is 0.281. The Morgan fingerprint density at radius 1 is 0.435 bits per heavy atom. The third-order valence-electron chi connectivity index (χ3n) is 12.9. The Hall–Kier alpha value is -6.33. The summed E-state index contributed by atoms with van der Waals surface area (Å²) in [5.41, 5.74) is 13.1. The van der Waals surface area contributed by atoms with Crippen LogP contribution in [0.25, 0.3) is 27.6 Å². The zero-order valence-electron chi connectivity index (χ0n) is 38.3. The van der Waals surface area contributed by atoms with Gasteiger partial charge in [-0.2, -0.15) is 0 Å². The van der Waals surface area contributed by atoms with Gasteiger partial charge in [0.15, 0.2) is 0 Å². The molecule has 9 rings (SSSR count). The molecule has 62 heavy (non-hydrogen) atoms. The summed E-state index contributed by atoms with van der Waals surface area (Å²) in [6.07, 6.45) is 1.95. The van der Waals surface area contributed by atoms with E-state index in [1.54, 1.807) is 0 Å². The van der Waals surface area contributed by atoms with E-state index in [1.165, 1.54) is 55.7 Å². The van der Waals surface area contributed by atoms with Crippen molar-refractivity contribution in [2.45, 2.75) is 97.8 Å². The highest BCUT2D eigenvalue weighted by Crippen LogP contribution is 2.47. The van der Waals surface area contributed by atoms with Gasteiger partial charge in [-0.25, -0.2) is 4.98 Å². The highest BCUT2D eigenvalue weighted by atomic mass is 16.5. The Kier molecular flexibility index (Phi) is 9.89. The summed E-state index contributed by atoms with van der Waals surface area (Å²) in [6, 6.07) is 53.0. The predicted octanol–water partition coefficient (Wildman–Crippen LogP) is 15.4. The average molecular weight is 817 g/mol. The minimum atomic E-state index is -0.214. The number of ether oxygens (including phenoxy) is 1. The predicted molar refractivity (Wildman–Crippen MR) is 262 cm³/mol. The molecule has 0 aliphatic carbocycles. The molecule has 5 heteroatoms. The highest BCUT2D eigenvalue weighted by Gasteiger charge is 2.31. The largest absolute Gasteiger partial charge is 0.457 e. The van der Waals surface area contributed by atoms with E-state index in [0.29, 0.717) is 6.67 Å². The first-order chi connectivity index (χ1) is 29.4. The number of anilines is 4. The van der Waals surface area contributed by atoms with E-state index in [1.807, 2.05) is 6.20 Å². The van der Waals surface area contributed by atoms with Gasteiger partial charge in [-0.3, -0.25) is 4.57 Å². The zero-order chi connectivity index (χ0) is 43.8. The molecule has 6 aromatic carbocycles. The van der Waals surface area contributed by atoms with Gasteiger partial charge >= 0.3 is 0 Å². The van der Waals surface area contributed by atoms with Crippen molar-refractivity contribution in [3.8, 4) is 17.3 Å². The summed E-state index contributed by atoms with van der Waals surface area (Å²) in [6.45, 7) is 25.8. The van der Waals surface area contributed by atoms with Gasteiger partial charge in [-0.15, -0.1) is 0 Å². The molecule has 8 aromatic rings. The van der Waals surface area contributed by atoms with Crippen LogP contribution in [0.15, 0.2) is 152 Å². The molecule has 0 bridgehead atoms. The number of hydrogen-bond donors (Lipinski definition) is 0. The monoisotopic (exact) mass is 816 g/mol. The normalized spacial score (nSPS) is 13.6. The van der Waals surface area contributed by atoms with Crippen LogP contribution in [0, 0.1) is 0 Å². The molecule has 0 saturated heterocycles. The second kappa shape index (κ2) is 14.9. The van der Waals surface area contributed by atoms with Crippen LogP contribution < -0.4 is 14.5 Å². The van der Waals surface area contributed by atoms with Crippen LogP contribution in [0.4, 0.5) is 22.7 Å². The molecule has 5 nitrogen and oxygen atoms in total. The van der Waals surface area contributed by atoms with Gasteiger partial charge in [0.05, 0.1) is 22.4 Å². The second-order valence-corrected chi connectivity index (χ2v) is 20.7. The first kappa shape index (κ1) is 41.0. The smallest absolute Gasteiger partial charge is 0.137 e. The molecule has 1 aliphatic rings. The minimum Gasteiger partial charge on any atom is -0.457 e. The Bertz CT molecular complexity index is 2950. The Balaban J connectivity index is 1.11. The third-order valence-corrected chi connectivity index (χ3v) is 12.9. The topological polar surface area (TPSA) is 33.5 Å². The Morgan fingerprint density at radius 3 is 1.77 bits per heavy atom. The van der Waals surface area contributed by atoms with Crippen molar-refractivity contribution >= 4 is 44.6 Å². The van der Waals surface area contributed by atoms with E-state index in [9.17, 15) is 0 Å². The number of pyridine rings is 1. The third kappa shape index (κ3) is 7.52. The van der Waals surface area contributed by atoms with Crippen LogP contribution in [0.5, 0.6) is 11.5 Å². The van der Waals surface area contributed by atoms with Crippen LogP contribution in [0.2, 0.25) is 0 Å². The van der Waals surface area contributed by atoms with Gasteiger partial charge in [0.2, 0.25) is 0 Å². The van der Waals surface area contributed by atoms with Crippen molar-refractivity contribution in [2.24, 2.45) is 0 Å². The van der Waals surface area contributed by atoms with Crippen molar-refractivity contribution in [1.29, 1.82) is 0 Å². The number of fused-ring (bicyclic) bond motifs is 4. The van der Waals surface area contributed by atoms with Crippen molar-refractivity contribution in [1.82, 2.24) is 9.55 Å². The molecule has 314 valence electrons. The second-order valence-electron chi connectivity index (χ2n) is 20.7. The molecule has 0 atom stereocenters. The van der Waals surface area contributed by atoms with Gasteiger partial charge < -0.3 is 14.5 Å². The van der Waals surface area contributed by atoms with E-state index in [0.717, 1.165) is 34.0 Å². The molecular formula is C57H60N4O. The molecule has 3 heterocycles. The fourth-order valence-corrected chi connectivity index (χ4v) is 8.89. The van der Waals surface area contributed by atoms with Crippen LogP contribution in [0.3, 0.4) is 0 Å². The molecule has 0 N–H and O–H groups in total. The first-order valence-corrected chi connectivity index (χ1v) is 22.1. The van der Waals surface area contributed by atoms with Gasteiger partial charge in [0.1, 0.15) is 24.0 Å². The van der Waals surface area contributed by atoms with E-state index < -0.39 is 0 Å². The molecule has 2 aromatic heterocycles. The van der Waals surface area contributed by atoms with Gasteiger partial charge in [-0.1, -0.05) is 137 Å². The lowest BCUT2D eigenvalue weighted by Gasteiger charge is -2.26. The Morgan fingerprint density at radius 2 is 1.05 bits per heavy atom. The lowest BCUT2D eigenvalue weighted by Crippen LogP contribution is -2.24. The number of hydrogen-bond acceptors (Lipinski definition) is 4. The zero-order valence-corrected chi connectivity index (χ0v) is 38.3. The standard InChI is InChI=1S/C57H60N4O/c1-54(2,3)39-19-15-20-43(31-39)60-37-59(50-28-24-41(33-52(50)60)56(7,8)9)44-21-16-22-45(35-44)62-46-25-26-47-48-32-40(55(4,5)6)23-27-49(48)61(51(47)36-46)53-34-42(29-30-58-53)57(10,11)38-17-13-12-14-18-38/h12-36H,37H2,1-11H3. The summed E-state index contributed by atoms with van der Waals surface area (Å²) in [7, 11) is 0. The summed E-state index contributed by atoms with van der Waals surface area (Å²) in [4.78, 5) is 9.88. The molecule has 0 radical (unpaired) electrons. The number of rotatable bonds is 7. The lowest BCUT2D eigenvalue weighted by atomic mass is 9.78. The quantitative estimate of drug-likeness (QED) is 0.160. The Labute approximate surface area is 368 Å². The van der Waals surface area contributed by atoms with Crippen molar-refractivity contribution in [2.75, 3.05) is 16.5 Å². The summed E-state index contributed by atoms with van der Waals surface area (Å²) < 4.78 is 9.14. The summed E-state index contributed by atoms with van der Waals surface area (Å²) >= 11 is 0. The van der Waals surface area contributed by atoms with Crippen molar-refractivity contribution < 1.29 is 4.74 Å². The summed E-state index contributed by atoms with van der Waals surface area (Å²) in [5, 5.41) is 2.37. The SMILES string of the molecule is CC(C)(C)c1cccc(N2CN(c3cccc(Oc4ccc5c6cc(C(C)(C)C)ccc6n(-c6cc(C(C)(C)c7ccccc7)ccn6)c5c4)c3)c3ccc(C(C)(C)C)cc32)c1. The van der Waals surface area contributed by atoms with Gasteiger partial charge in [0, 0.05) is 45.9 Å². The van der Waals surface area contributed by atoms with Crippen molar-refractivity contribution in [3.05, 3.63) is 180 Å². The van der Waals surface area contributed by atoms with E-state index in [4.69, 9.17) is 9.72 Å². The van der Waals surface area contributed by atoms with Crippen LogP contribution in [-0.2, 0) is 21.7 Å². The minimum absolute atomic E-state index is 0.00673. The molecule has 0 fully saturated rings. The number of nitrogens with zero attached hydrogens (tertiary/aromatic N) is 4.